The smallest absolute Gasteiger partial charge is 0.289 e. The quantitative estimate of drug-likeness (QED) is 0.747. The second-order valence-electron chi connectivity index (χ2n) is 4.08. The number of rotatable bonds is 2. The van der Waals surface area contributed by atoms with Crippen LogP contribution >= 0.6 is 0 Å². The summed E-state index contributed by atoms with van der Waals surface area (Å²) < 4.78 is 5.27. The minimum atomic E-state index is -0.214. The van der Waals surface area contributed by atoms with Gasteiger partial charge in [-0.25, -0.2) is 0 Å². The van der Waals surface area contributed by atoms with E-state index in [0.29, 0.717) is 13.2 Å². The fraction of sp³-hybridized carbons (Fsp3) is 0.727. The standard InChI is InChI=1S/C11H17NO3/c1-2-8-7-10(13)11(14)12(8)9-3-5-15-6-4-9/h7-9,13H,2-6H2,1H3. The zero-order valence-electron chi connectivity index (χ0n) is 8.98. The van der Waals surface area contributed by atoms with Crippen LogP contribution in [-0.4, -0.2) is 41.2 Å². The van der Waals surface area contributed by atoms with Crippen molar-refractivity contribution in [3.8, 4) is 0 Å². The van der Waals surface area contributed by atoms with Crippen molar-refractivity contribution in [1.29, 1.82) is 0 Å². The summed E-state index contributed by atoms with van der Waals surface area (Å²) in [7, 11) is 0. The molecule has 1 amide bonds. The molecule has 4 nitrogen and oxygen atoms in total. The summed E-state index contributed by atoms with van der Waals surface area (Å²) in [6.07, 6.45) is 4.28. The molecule has 2 aliphatic heterocycles. The van der Waals surface area contributed by atoms with Gasteiger partial charge in [-0.1, -0.05) is 6.92 Å². The molecule has 1 N–H and O–H groups in total. The van der Waals surface area contributed by atoms with Gasteiger partial charge in [0.2, 0.25) is 0 Å². The first-order chi connectivity index (χ1) is 7.24. The molecule has 4 heteroatoms. The molecule has 84 valence electrons. The van der Waals surface area contributed by atoms with Gasteiger partial charge >= 0.3 is 0 Å². The van der Waals surface area contributed by atoms with E-state index in [2.05, 4.69) is 0 Å². The topological polar surface area (TPSA) is 49.8 Å². The second kappa shape index (κ2) is 4.23. The first kappa shape index (κ1) is 10.5. The van der Waals surface area contributed by atoms with Crippen LogP contribution in [0.5, 0.6) is 0 Å². The fourth-order valence-corrected chi connectivity index (χ4v) is 2.33. The largest absolute Gasteiger partial charge is 0.503 e. The average molecular weight is 211 g/mol. The maximum atomic E-state index is 11.7. The molecule has 1 atom stereocenters. The van der Waals surface area contributed by atoms with Gasteiger partial charge in [-0.2, -0.15) is 0 Å². The van der Waals surface area contributed by atoms with Crippen molar-refractivity contribution in [2.45, 2.75) is 38.3 Å². The van der Waals surface area contributed by atoms with Gasteiger partial charge in [-0.15, -0.1) is 0 Å². The number of hydrogen-bond acceptors (Lipinski definition) is 3. The summed E-state index contributed by atoms with van der Waals surface area (Å²) >= 11 is 0. The number of nitrogens with zero attached hydrogens (tertiary/aromatic N) is 1. The van der Waals surface area contributed by atoms with E-state index in [1.807, 2.05) is 11.8 Å². The van der Waals surface area contributed by atoms with E-state index >= 15 is 0 Å². The van der Waals surface area contributed by atoms with Gasteiger partial charge in [-0.3, -0.25) is 4.79 Å². The highest BCUT2D eigenvalue weighted by molar-refractivity contribution is 5.94. The molecule has 0 aromatic carbocycles. The molecule has 0 saturated carbocycles. The molecular weight excluding hydrogens is 194 g/mol. The summed E-state index contributed by atoms with van der Waals surface area (Å²) in [5.41, 5.74) is 0. The zero-order chi connectivity index (χ0) is 10.8. The maximum absolute atomic E-state index is 11.7. The summed E-state index contributed by atoms with van der Waals surface area (Å²) in [5.74, 6) is -0.304. The highest BCUT2D eigenvalue weighted by Gasteiger charge is 2.36. The maximum Gasteiger partial charge on any atom is 0.289 e. The first-order valence-corrected chi connectivity index (χ1v) is 5.55. The van der Waals surface area contributed by atoms with Crippen LogP contribution in [0.15, 0.2) is 11.8 Å². The molecule has 1 fully saturated rings. The number of aliphatic hydroxyl groups excluding tert-OH is 1. The molecule has 0 bridgehead atoms. The van der Waals surface area contributed by atoms with Gasteiger partial charge in [0.15, 0.2) is 5.76 Å². The molecule has 0 spiro atoms. The van der Waals surface area contributed by atoms with Crippen molar-refractivity contribution in [2.24, 2.45) is 0 Å². The Balaban J connectivity index is 2.10. The first-order valence-electron chi connectivity index (χ1n) is 5.55. The van der Waals surface area contributed by atoms with E-state index in [9.17, 15) is 9.90 Å². The lowest BCUT2D eigenvalue weighted by Crippen LogP contribution is -2.45. The van der Waals surface area contributed by atoms with Gasteiger partial charge in [0.25, 0.3) is 5.91 Å². The van der Waals surface area contributed by atoms with E-state index in [1.54, 1.807) is 6.08 Å². The number of hydrogen-bond donors (Lipinski definition) is 1. The molecule has 0 aromatic rings. The van der Waals surface area contributed by atoms with Crippen LogP contribution in [0.4, 0.5) is 0 Å². The van der Waals surface area contributed by atoms with Crippen molar-refractivity contribution in [3.63, 3.8) is 0 Å². The lowest BCUT2D eigenvalue weighted by Gasteiger charge is -2.35. The fourth-order valence-electron chi connectivity index (χ4n) is 2.33. The Kier molecular flexibility index (Phi) is 2.95. The highest BCUT2D eigenvalue weighted by Crippen LogP contribution is 2.26. The Morgan fingerprint density at radius 2 is 2.20 bits per heavy atom. The van der Waals surface area contributed by atoms with Crippen molar-refractivity contribution >= 4 is 5.91 Å². The van der Waals surface area contributed by atoms with Gasteiger partial charge in [0.05, 0.1) is 6.04 Å². The predicted molar refractivity (Wildman–Crippen MR) is 55.5 cm³/mol. The summed E-state index contributed by atoms with van der Waals surface area (Å²) in [6, 6.07) is 0.303. The van der Waals surface area contributed by atoms with Crippen molar-refractivity contribution in [1.82, 2.24) is 4.90 Å². The second-order valence-corrected chi connectivity index (χ2v) is 4.08. The molecule has 2 aliphatic rings. The van der Waals surface area contributed by atoms with E-state index in [0.717, 1.165) is 19.3 Å². The van der Waals surface area contributed by atoms with E-state index < -0.39 is 0 Å². The number of carbonyl (C=O) groups excluding carboxylic acids is 1. The molecule has 15 heavy (non-hydrogen) atoms. The van der Waals surface area contributed by atoms with Crippen LogP contribution in [0.25, 0.3) is 0 Å². The molecule has 2 heterocycles. The minimum absolute atomic E-state index is 0.0700. The number of carbonyl (C=O) groups is 1. The van der Waals surface area contributed by atoms with Crippen molar-refractivity contribution in [2.75, 3.05) is 13.2 Å². The van der Waals surface area contributed by atoms with E-state index in [4.69, 9.17) is 4.74 Å². The van der Waals surface area contributed by atoms with E-state index in [1.165, 1.54) is 0 Å². The van der Waals surface area contributed by atoms with Gasteiger partial charge in [0, 0.05) is 19.3 Å². The lowest BCUT2D eigenvalue weighted by molar-refractivity contribution is -0.133. The Labute approximate surface area is 89.5 Å². The summed E-state index contributed by atoms with van der Waals surface area (Å²) in [6.45, 7) is 3.46. The third kappa shape index (κ3) is 1.86. The third-order valence-electron chi connectivity index (χ3n) is 3.16. The van der Waals surface area contributed by atoms with Crippen molar-refractivity contribution in [3.05, 3.63) is 11.8 Å². The number of amides is 1. The van der Waals surface area contributed by atoms with Crippen LogP contribution in [0, 0.1) is 0 Å². The third-order valence-corrected chi connectivity index (χ3v) is 3.16. The minimum Gasteiger partial charge on any atom is -0.503 e. The molecular formula is C11H17NO3. The van der Waals surface area contributed by atoms with Crippen LogP contribution in [-0.2, 0) is 9.53 Å². The van der Waals surface area contributed by atoms with Crippen LogP contribution in [0.2, 0.25) is 0 Å². The van der Waals surface area contributed by atoms with Gasteiger partial charge < -0.3 is 14.7 Å². The van der Waals surface area contributed by atoms with Crippen LogP contribution < -0.4 is 0 Å². The lowest BCUT2D eigenvalue weighted by atomic mass is 10.1. The van der Waals surface area contributed by atoms with Crippen molar-refractivity contribution < 1.29 is 14.6 Å². The Bertz CT molecular complexity index is 282. The molecule has 0 aliphatic carbocycles. The Hall–Kier alpha value is -1.03. The van der Waals surface area contributed by atoms with E-state index in [-0.39, 0.29) is 23.8 Å². The van der Waals surface area contributed by atoms with Gasteiger partial charge in [-0.05, 0) is 25.3 Å². The highest BCUT2D eigenvalue weighted by atomic mass is 16.5. The summed E-state index contributed by atoms with van der Waals surface area (Å²) in [4.78, 5) is 13.6. The predicted octanol–water partition coefficient (Wildman–Crippen LogP) is 1.23. The van der Waals surface area contributed by atoms with Crippen LogP contribution in [0.1, 0.15) is 26.2 Å². The number of aliphatic hydroxyl groups is 1. The summed E-state index contributed by atoms with van der Waals surface area (Å²) in [5, 5.41) is 9.44. The normalized spacial score (nSPS) is 28.3. The Morgan fingerprint density at radius 3 is 2.80 bits per heavy atom. The Morgan fingerprint density at radius 1 is 1.53 bits per heavy atom. The molecule has 0 aromatic heterocycles. The molecule has 1 saturated heterocycles. The molecule has 2 rings (SSSR count). The van der Waals surface area contributed by atoms with Gasteiger partial charge in [0.1, 0.15) is 0 Å². The van der Waals surface area contributed by atoms with Crippen LogP contribution in [0.3, 0.4) is 0 Å². The zero-order valence-corrected chi connectivity index (χ0v) is 8.98. The molecule has 1 unspecified atom stereocenters. The molecule has 0 radical (unpaired) electrons. The SMILES string of the molecule is CCC1C=C(O)C(=O)N1C1CCOCC1. The monoisotopic (exact) mass is 211 g/mol. The number of ether oxygens (including phenoxy) is 1. The average Bonchev–Trinajstić information content (AvgIpc) is 2.56.